The van der Waals surface area contributed by atoms with Gasteiger partial charge in [-0.25, -0.2) is 4.68 Å². The number of nitrogens with two attached hydrogens (primary N) is 1. The molecule has 1 aromatic heterocycles. The summed E-state index contributed by atoms with van der Waals surface area (Å²) in [6.07, 6.45) is 1.10. The van der Waals surface area contributed by atoms with E-state index in [1.165, 1.54) is 0 Å². The first-order chi connectivity index (χ1) is 7.50. The van der Waals surface area contributed by atoms with Crippen molar-refractivity contribution < 1.29 is 0 Å². The van der Waals surface area contributed by atoms with E-state index < -0.39 is 0 Å². The standard InChI is InChI=1S/C11H19ClN4/c1-7(2)15-5-4-9(6-15)16-11(13)10(12)8(3)14-16/h7,9H,4-6,13H2,1-3H3. The Labute approximate surface area is 101 Å². The molecule has 1 aliphatic rings. The second-order valence-electron chi connectivity index (χ2n) is 4.76. The van der Waals surface area contributed by atoms with E-state index in [-0.39, 0.29) is 0 Å². The summed E-state index contributed by atoms with van der Waals surface area (Å²) in [7, 11) is 0. The molecular weight excluding hydrogens is 224 g/mol. The van der Waals surface area contributed by atoms with Crippen molar-refractivity contribution in [3.05, 3.63) is 10.7 Å². The number of anilines is 1. The highest BCUT2D eigenvalue weighted by molar-refractivity contribution is 6.33. The summed E-state index contributed by atoms with van der Waals surface area (Å²) < 4.78 is 1.89. The van der Waals surface area contributed by atoms with Crippen LogP contribution in [0.4, 0.5) is 5.82 Å². The second-order valence-corrected chi connectivity index (χ2v) is 5.14. The molecule has 0 aliphatic carbocycles. The number of hydrogen-bond acceptors (Lipinski definition) is 3. The van der Waals surface area contributed by atoms with Crippen LogP contribution in [-0.2, 0) is 0 Å². The van der Waals surface area contributed by atoms with Crippen LogP contribution in [0.5, 0.6) is 0 Å². The first-order valence-electron chi connectivity index (χ1n) is 5.74. The molecule has 4 nitrogen and oxygen atoms in total. The maximum atomic E-state index is 6.05. The van der Waals surface area contributed by atoms with E-state index in [0.717, 1.165) is 25.2 Å². The topological polar surface area (TPSA) is 47.1 Å². The minimum Gasteiger partial charge on any atom is -0.383 e. The van der Waals surface area contributed by atoms with E-state index >= 15 is 0 Å². The van der Waals surface area contributed by atoms with E-state index in [4.69, 9.17) is 17.3 Å². The zero-order chi connectivity index (χ0) is 11.9. The number of nitrogens with zero attached hydrogens (tertiary/aromatic N) is 3. The van der Waals surface area contributed by atoms with Crippen LogP contribution in [0.15, 0.2) is 0 Å². The van der Waals surface area contributed by atoms with Crippen LogP contribution in [0.3, 0.4) is 0 Å². The number of likely N-dealkylation sites (tertiary alicyclic amines) is 1. The van der Waals surface area contributed by atoms with Gasteiger partial charge in [0.15, 0.2) is 0 Å². The first-order valence-corrected chi connectivity index (χ1v) is 6.12. The Morgan fingerprint density at radius 1 is 1.50 bits per heavy atom. The molecule has 1 unspecified atom stereocenters. The molecular formula is C11H19ClN4. The fourth-order valence-corrected chi connectivity index (χ4v) is 2.38. The van der Waals surface area contributed by atoms with Gasteiger partial charge in [0.2, 0.25) is 0 Å². The summed E-state index contributed by atoms with van der Waals surface area (Å²) >= 11 is 6.05. The molecule has 5 heteroatoms. The summed E-state index contributed by atoms with van der Waals surface area (Å²) in [6.45, 7) is 8.45. The fraction of sp³-hybridized carbons (Fsp3) is 0.727. The Bertz CT molecular complexity index is 386. The van der Waals surface area contributed by atoms with E-state index in [9.17, 15) is 0 Å². The SMILES string of the molecule is Cc1nn(C2CCN(C(C)C)C2)c(N)c1Cl. The minimum absolute atomic E-state index is 0.369. The molecule has 0 bridgehead atoms. The van der Waals surface area contributed by atoms with Gasteiger partial charge in [0.05, 0.1) is 11.7 Å². The molecule has 0 amide bonds. The lowest BCUT2D eigenvalue weighted by Crippen LogP contribution is -2.29. The lowest BCUT2D eigenvalue weighted by atomic mass is 10.3. The number of aromatic nitrogens is 2. The fourth-order valence-electron chi connectivity index (χ4n) is 2.26. The zero-order valence-electron chi connectivity index (χ0n) is 10.1. The van der Waals surface area contributed by atoms with Gasteiger partial charge in [-0.15, -0.1) is 0 Å². The second kappa shape index (κ2) is 4.26. The molecule has 1 aromatic rings. The molecule has 2 N–H and O–H groups in total. The zero-order valence-corrected chi connectivity index (χ0v) is 10.8. The third-order valence-corrected chi connectivity index (χ3v) is 3.79. The summed E-state index contributed by atoms with van der Waals surface area (Å²) in [5, 5.41) is 5.02. The van der Waals surface area contributed by atoms with Crippen molar-refractivity contribution in [3.63, 3.8) is 0 Å². The number of halogens is 1. The molecule has 2 rings (SSSR count). The summed E-state index contributed by atoms with van der Waals surface area (Å²) in [5.74, 6) is 0.606. The molecule has 2 heterocycles. The van der Waals surface area contributed by atoms with Crippen LogP contribution in [0.2, 0.25) is 5.02 Å². The largest absolute Gasteiger partial charge is 0.383 e. The quantitative estimate of drug-likeness (QED) is 0.864. The minimum atomic E-state index is 0.369. The molecule has 90 valence electrons. The Balaban J connectivity index is 2.17. The van der Waals surface area contributed by atoms with Crippen molar-refractivity contribution in [1.29, 1.82) is 0 Å². The van der Waals surface area contributed by atoms with E-state index in [1.54, 1.807) is 0 Å². The van der Waals surface area contributed by atoms with Crippen molar-refractivity contribution in [2.75, 3.05) is 18.8 Å². The van der Waals surface area contributed by atoms with Crippen molar-refractivity contribution in [1.82, 2.24) is 14.7 Å². The molecule has 0 saturated carbocycles. The van der Waals surface area contributed by atoms with Gasteiger partial charge in [0.1, 0.15) is 10.8 Å². The number of nitrogen functional groups attached to an aromatic ring is 1. The lowest BCUT2D eigenvalue weighted by molar-refractivity contribution is 0.263. The Morgan fingerprint density at radius 3 is 2.62 bits per heavy atom. The van der Waals surface area contributed by atoms with Gasteiger partial charge in [-0.3, -0.25) is 4.90 Å². The molecule has 0 aromatic carbocycles. The summed E-state index contributed by atoms with van der Waals surface area (Å²) in [6, 6.07) is 0.951. The van der Waals surface area contributed by atoms with Gasteiger partial charge >= 0.3 is 0 Å². The number of hydrogen-bond donors (Lipinski definition) is 1. The highest BCUT2D eigenvalue weighted by Crippen LogP contribution is 2.30. The third kappa shape index (κ3) is 1.92. The van der Waals surface area contributed by atoms with Crippen molar-refractivity contribution in [2.24, 2.45) is 0 Å². The molecule has 16 heavy (non-hydrogen) atoms. The highest BCUT2D eigenvalue weighted by Gasteiger charge is 2.28. The first kappa shape index (κ1) is 11.7. The Hall–Kier alpha value is -0.740. The number of rotatable bonds is 2. The normalized spacial score (nSPS) is 22.2. The van der Waals surface area contributed by atoms with Crippen LogP contribution in [-0.4, -0.2) is 33.8 Å². The van der Waals surface area contributed by atoms with Crippen LogP contribution < -0.4 is 5.73 Å². The smallest absolute Gasteiger partial charge is 0.141 e. The van der Waals surface area contributed by atoms with Gasteiger partial charge in [0.25, 0.3) is 0 Å². The van der Waals surface area contributed by atoms with Crippen LogP contribution >= 0.6 is 11.6 Å². The lowest BCUT2D eigenvalue weighted by Gasteiger charge is -2.20. The average molecular weight is 243 g/mol. The van der Waals surface area contributed by atoms with Crippen molar-refractivity contribution in [2.45, 2.75) is 39.3 Å². The maximum absolute atomic E-state index is 6.05. The van der Waals surface area contributed by atoms with Crippen LogP contribution in [0.1, 0.15) is 32.0 Å². The van der Waals surface area contributed by atoms with Gasteiger partial charge in [-0.1, -0.05) is 11.6 Å². The van der Waals surface area contributed by atoms with E-state index in [1.807, 2.05) is 11.6 Å². The molecule has 1 aliphatic heterocycles. The monoisotopic (exact) mass is 242 g/mol. The average Bonchev–Trinajstić information content (AvgIpc) is 2.79. The van der Waals surface area contributed by atoms with E-state index in [2.05, 4.69) is 23.8 Å². The predicted molar refractivity (Wildman–Crippen MR) is 66.7 cm³/mol. The Morgan fingerprint density at radius 2 is 2.19 bits per heavy atom. The van der Waals surface area contributed by atoms with Crippen LogP contribution in [0.25, 0.3) is 0 Å². The van der Waals surface area contributed by atoms with Crippen molar-refractivity contribution >= 4 is 17.4 Å². The molecule has 0 radical (unpaired) electrons. The van der Waals surface area contributed by atoms with Gasteiger partial charge in [0, 0.05) is 19.1 Å². The van der Waals surface area contributed by atoms with E-state index in [0.29, 0.717) is 22.9 Å². The molecule has 1 fully saturated rings. The Kier molecular flexibility index (Phi) is 3.13. The van der Waals surface area contributed by atoms with Crippen LogP contribution in [0, 0.1) is 6.92 Å². The molecule has 1 saturated heterocycles. The number of aryl methyl sites for hydroxylation is 1. The molecule has 0 spiro atoms. The van der Waals surface area contributed by atoms with Gasteiger partial charge < -0.3 is 5.73 Å². The predicted octanol–water partition coefficient (Wildman–Crippen LogP) is 2.08. The maximum Gasteiger partial charge on any atom is 0.141 e. The summed E-state index contributed by atoms with van der Waals surface area (Å²) in [4.78, 5) is 2.44. The van der Waals surface area contributed by atoms with Crippen molar-refractivity contribution in [3.8, 4) is 0 Å². The highest BCUT2D eigenvalue weighted by atomic mass is 35.5. The van der Waals surface area contributed by atoms with Gasteiger partial charge in [-0.2, -0.15) is 5.10 Å². The summed E-state index contributed by atoms with van der Waals surface area (Å²) in [5.41, 5.74) is 6.78. The molecule has 1 atom stereocenters. The van der Waals surface area contributed by atoms with Gasteiger partial charge in [-0.05, 0) is 27.2 Å². The third-order valence-electron chi connectivity index (χ3n) is 3.32.